The quantitative estimate of drug-likeness (QED) is 0.458. The molecule has 0 heterocycles. The van der Waals surface area contributed by atoms with Crippen LogP contribution in [-0.2, 0) is 4.74 Å². The minimum Gasteiger partial charge on any atom is -0.445 e. The molecule has 3 nitrogen and oxygen atoms in total. The summed E-state index contributed by atoms with van der Waals surface area (Å²) in [6, 6.07) is 0. The highest BCUT2D eigenvalue weighted by Crippen LogP contribution is 2.30. The van der Waals surface area contributed by atoms with Crippen molar-refractivity contribution in [1.82, 2.24) is 5.32 Å². The monoisotopic (exact) mass is 287 g/mol. The van der Waals surface area contributed by atoms with E-state index in [-0.39, 0.29) is 6.61 Å². The van der Waals surface area contributed by atoms with Crippen molar-refractivity contribution in [2.45, 2.75) is 30.0 Å². The van der Waals surface area contributed by atoms with Crippen molar-refractivity contribution in [3.8, 4) is 0 Å². The summed E-state index contributed by atoms with van der Waals surface area (Å²) >= 11 is 16.6. The number of hydrogen-bond donors (Lipinski definition) is 1. The second-order valence-electron chi connectivity index (χ2n) is 3.17. The molecule has 0 fully saturated rings. The number of unbranched alkanes of at least 4 members (excludes halogenated alkanes) is 1. The number of carbonyl (C=O) groups excluding carboxylic acids is 1. The number of alkyl carbamates (subject to hydrolysis) is 1. The molecule has 0 saturated carbocycles. The van der Waals surface area contributed by atoms with Crippen LogP contribution in [0.1, 0.15) is 26.2 Å². The zero-order valence-corrected chi connectivity index (χ0v) is 11.4. The molecule has 0 bridgehead atoms. The molecule has 0 aromatic rings. The average molecular weight is 289 g/mol. The molecule has 0 unspecified atom stereocenters. The molecule has 0 atom stereocenters. The molecular formula is C10H16Cl3NO2. The lowest BCUT2D eigenvalue weighted by molar-refractivity contribution is 0.158. The topological polar surface area (TPSA) is 38.3 Å². The largest absolute Gasteiger partial charge is 0.445 e. The van der Waals surface area contributed by atoms with E-state index in [4.69, 9.17) is 39.5 Å². The molecule has 0 aliphatic carbocycles. The molecular weight excluding hydrogens is 272 g/mol. The summed E-state index contributed by atoms with van der Waals surface area (Å²) in [5, 5.41) is 2.62. The van der Waals surface area contributed by atoms with E-state index in [9.17, 15) is 4.79 Å². The maximum atomic E-state index is 11.0. The number of carbonyl (C=O) groups is 1. The predicted molar refractivity (Wildman–Crippen MR) is 68.3 cm³/mol. The van der Waals surface area contributed by atoms with E-state index in [1.165, 1.54) is 0 Å². The Bertz CT molecular complexity index is 227. The predicted octanol–water partition coefficient (Wildman–Crippen LogP) is 3.83. The zero-order valence-electron chi connectivity index (χ0n) is 9.14. The van der Waals surface area contributed by atoms with Gasteiger partial charge >= 0.3 is 6.09 Å². The first-order valence-corrected chi connectivity index (χ1v) is 6.21. The van der Waals surface area contributed by atoms with Crippen LogP contribution >= 0.6 is 34.8 Å². The smallest absolute Gasteiger partial charge is 0.407 e. The normalized spacial score (nSPS) is 11.8. The molecule has 1 N–H and O–H groups in total. The van der Waals surface area contributed by atoms with Crippen LogP contribution < -0.4 is 5.32 Å². The SMILES string of the molecule is CCCCNC(=O)OC/C=C/CC(Cl)(Cl)Cl. The molecule has 0 aliphatic heterocycles. The molecule has 0 radical (unpaired) electrons. The van der Waals surface area contributed by atoms with Crippen LogP contribution in [0.25, 0.3) is 0 Å². The summed E-state index contributed by atoms with van der Waals surface area (Å²) in [4.78, 5) is 11.0. The Labute approximate surface area is 111 Å². The van der Waals surface area contributed by atoms with Crippen LogP contribution in [0.3, 0.4) is 0 Å². The van der Waals surface area contributed by atoms with E-state index >= 15 is 0 Å². The number of nitrogens with one attached hydrogen (secondary N) is 1. The summed E-state index contributed by atoms with van der Waals surface area (Å²) in [5.41, 5.74) is 0. The zero-order chi connectivity index (χ0) is 12.4. The maximum Gasteiger partial charge on any atom is 0.407 e. The van der Waals surface area contributed by atoms with Crippen LogP contribution in [-0.4, -0.2) is 23.0 Å². The molecule has 16 heavy (non-hydrogen) atoms. The van der Waals surface area contributed by atoms with Crippen molar-refractivity contribution in [3.05, 3.63) is 12.2 Å². The van der Waals surface area contributed by atoms with Crippen LogP contribution in [0.15, 0.2) is 12.2 Å². The molecule has 6 heteroatoms. The molecule has 0 saturated heterocycles. The van der Waals surface area contributed by atoms with Gasteiger partial charge in [-0.3, -0.25) is 0 Å². The van der Waals surface area contributed by atoms with Gasteiger partial charge in [-0.1, -0.05) is 60.3 Å². The number of alkyl halides is 3. The van der Waals surface area contributed by atoms with E-state index in [0.29, 0.717) is 13.0 Å². The number of ether oxygens (including phenoxy) is 1. The van der Waals surface area contributed by atoms with E-state index in [0.717, 1.165) is 12.8 Å². The van der Waals surface area contributed by atoms with Gasteiger partial charge in [-0.15, -0.1) is 0 Å². The van der Waals surface area contributed by atoms with Gasteiger partial charge in [0.1, 0.15) is 6.61 Å². The first-order valence-electron chi connectivity index (χ1n) is 5.08. The summed E-state index contributed by atoms with van der Waals surface area (Å²) in [7, 11) is 0. The highest BCUT2D eigenvalue weighted by Gasteiger charge is 2.16. The molecule has 0 rings (SSSR count). The third-order valence-corrected chi connectivity index (χ3v) is 2.09. The summed E-state index contributed by atoms with van der Waals surface area (Å²) < 4.78 is 3.55. The average Bonchev–Trinajstić information content (AvgIpc) is 2.16. The van der Waals surface area contributed by atoms with Crippen LogP contribution in [0.2, 0.25) is 0 Å². The molecule has 0 aromatic heterocycles. The molecule has 1 amide bonds. The van der Waals surface area contributed by atoms with Gasteiger partial charge < -0.3 is 10.1 Å². The van der Waals surface area contributed by atoms with Gasteiger partial charge in [0.05, 0.1) is 0 Å². The van der Waals surface area contributed by atoms with Crippen molar-refractivity contribution in [2.24, 2.45) is 0 Å². The molecule has 0 aliphatic rings. The molecule has 0 spiro atoms. The van der Waals surface area contributed by atoms with E-state index in [1.807, 2.05) is 6.92 Å². The number of amides is 1. The van der Waals surface area contributed by atoms with E-state index in [2.05, 4.69) is 5.32 Å². The summed E-state index contributed by atoms with van der Waals surface area (Å²) in [6.45, 7) is 2.86. The van der Waals surface area contributed by atoms with Crippen molar-refractivity contribution in [1.29, 1.82) is 0 Å². The van der Waals surface area contributed by atoms with Crippen molar-refractivity contribution in [3.63, 3.8) is 0 Å². The molecule has 94 valence electrons. The fourth-order valence-corrected chi connectivity index (χ4v) is 1.09. The minimum absolute atomic E-state index is 0.179. The van der Waals surface area contributed by atoms with Gasteiger partial charge in [0.25, 0.3) is 0 Å². The maximum absolute atomic E-state index is 11.0. The van der Waals surface area contributed by atoms with Gasteiger partial charge in [-0.25, -0.2) is 4.79 Å². The Morgan fingerprint density at radius 2 is 2.06 bits per heavy atom. The number of hydrogen-bond acceptors (Lipinski definition) is 2. The third kappa shape index (κ3) is 12.0. The van der Waals surface area contributed by atoms with Crippen LogP contribution in [0.4, 0.5) is 4.79 Å². The lowest BCUT2D eigenvalue weighted by Crippen LogP contribution is -2.25. The Morgan fingerprint density at radius 1 is 1.38 bits per heavy atom. The second kappa shape index (κ2) is 8.97. The highest BCUT2D eigenvalue weighted by atomic mass is 35.6. The Balaban J connectivity index is 3.47. The fourth-order valence-electron chi connectivity index (χ4n) is 0.827. The Kier molecular flexibility index (Phi) is 8.90. The Hall–Kier alpha value is -0.120. The van der Waals surface area contributed by atoms with Gasteiger partial charge in [-0.2, -0.15) is 0 Å². The first-order chi connectivity index (χ1) is 7.45. The highest BCUT2D eigenvalue weighted by molar-refractivity contribution is 6.67. The van der Waals surface area contributed by atoms with Crippen molar-refractivity contribution in [2.75, 3.05) is 13.2 Å². The van der Waals surface area contributed by atoms with Gasteiger partial charge in [0.2, 0.25) is 0 Å². The van der Waals surface area contributed by atoms with Crippen molar-refractivity contribution >= 4 is 40.9 Å². The lowest BCUT2D eigenvalue weighted by Gasteiger charge is -2.06. The standard InChI is InChI=1S/C10H16Cl3NO2/c1-2-3-7-14-9(15)16-8-5-4-6-10(11,12)13/h4-5H,2-3,6-8H2,1H3,(H,14,15)/b5-4+. The molecule has 0 aromatic carbocycles. The summed E-state index contributed by atoms with van der Waals surface area (Å²) in [6.07, 6.45) is 5.14. The van der Waals surface area contributed by atoms with Crippen LogP contribution in [0, 0.1) is 0 Å². The van der Waals surface area contributed by atoms with Gasteiger partial charge in [0.15, 0.2) is 3.79 Å². The van der Waals surface area contributed by atoms with Crippen LogP contribution in [0.5, 0.6) is 0 Å². The van der Waals surface area contributed by atoms with E-state index in [1.54, 1.807) is 12.2 Å². The first kappa shape index (κ1) is 15.9. The second-order valence-corrected chi connectivity index (χ2v) is 5.69. The summed E-state index contributed by atoms with van der Waals surface area (Å²) in [5.74, 6) is 0. The third-order valence-electron chi connectivity index (χ3n) is 1.63. The number of rotatable bonds is 6. The van der Waals surface area contributed by atoms with Gasteiger partial charge in [-0.05, 0) is 6.42 Å². The van der Waals surface area contributed by atoms with Gasteiger partial charge in [0, 0.05) is 13.0 Å². The number of halogens is 3. The van der Waals surface area contributed by atoms with Crippen molar-refractivity contribution < 1.29 is 9.53 Å². The fraction of sp³-hybridized carbons (Fsp3) is 0.700. The Morgan fingerprint density at radius 3 is 2.62 bits per heavy atom. The minimum atomic E-state index is -1.29. The lowest BCUT2D eigenvalue weighted by atomic mass is 10.3. The van der Waals surface area contributed by atoms with E-state index < -0.39 is 9.89 Å². The number of allylic oxidation sites excluding steroid dienone is 1.